The summed E-state index contributed by atoms with van der Waals surface area (Å²) in [6.45, 7) is 0. The van der Waals surface area contributed by atoms with Crippen LogP contribution in [0, 0.1) is 5.41 Å². The number of hydrogen-bond acceptors (Lipinski definition) is 5. The highest BCUT2D eigenvalue weighted by atomic mass is 32.2. The van der Waals surface area contributed by atoms with E-state index >= 15 is 0 Å². The van der Waals surface area contributed by atoms with Crippen LogP contribution in [0.15, 0.2) is 4.79 Å². The fraction of sp³-hybridized carbons (Fsp3) is 0.600. The molecular weight excluding hydrogens is 320 g/mol. The standard InChI is InChI=1S/C15H18N2O3S2/c1-22(19,20)8-15(5-6-15)7-11-16-13(18)12-9-3-2-4-10(9)21-14(12)17-11/h2-8H2,1H3,(H,16,17,18). The Bertz CT molecular complexity index is 920. The van der Waals surface area contributed by atoms with Crippen LogP contribution in [0.3, 0.4) is 0 Å². The van der Waals surface area contributed by atoms with Gasteiger partial charge in [-0.05, 0) is 43.1 Å². The van der Waals surface area contributed by atoms with Gasteiger partial charge in [0.2, 0.25) is 0 Å². The lowest BCUT2D eigenvalue weighted by Gasteiger charge is -2.12. The van der Waals surface area contributed by atoms with Crippen molar-refractivity contribution >= 4 is 31.4 Å². The third kappa shape index (κ3) is 2.50. The topological polar surface area (TPSA) is 79.9 Å². The van der Waals surface area contributed by atoms with Gasteiger partial charge in [-0.2, -0.15) is 0 Å². The quantitative estimate of drug-likeness (QED) is 0.922. The van der Waals surface area contributed by atoms with Crippen LogP contribution in [0.25, 0.3) is 10.2 Å². The zero-order valence-corrected chi connectivity index (χ0v) is 14.1. The Labute approximate surface area is 132 Å². The summed E-state index contributed by atoms with van der Waals surface area (Å²) >= 11 is 1.62. The first-order valence-corrected chi connectivity index (χ1v) is 10.4. The smallest absolute Gasteiger partial charge is 0.259 e. The van der Waals surface area contributed by atoms with E-state index in [1.165, 1.54) is 16.7 Å². The van der Waals surface area contributed by atoms with Gasteiger partial charge in [0.05, 0.1) is 11.1 Å². The summed E-state index contributed by atoms with van der Waals surface area (Å²) in [4.78, 5) is 22.0. The van der Waals surface area contributed by atoms with Crippen molar-refractivity contribution in [1.82, 2.24) is 9.97 Å². The first-order valence-electron chi connectivity index (χ1n) is 7.56. The van der Waals surface area contributed by atoms with E-state index in [4.69, 9.17) is 0 Å². The summed E-state index contributed by atoms with van der Waals surface area (Å²) in [6.07, 6.45) is 6.74. The summed E-state index contributed by atoms with van der Waals surface area (Å²) in [5, 5.41) is 0.759. The summed E-state index contributed by atoms with van der Waals surface area (Å²) in [5.41, 5.74) is 0.907. The van der Waals surface area contributed by atoms with Crippen molar-refractivity contribution in [3.63, 3.8) is 0 Å². The van der Waals surface area contributed by atoms with Crippen LogP contribution in [0.5, 0.6) is 0 Å². The molecule has 2 aliphatic carbocycles. The third-order valence-corrected chi connectivity index (χ3v) is 7.01. The Kier molecular flexibility index (Phi) is 3.04. The number of thiophene rings is 1. The molecule has 0 atom stereocenters. The number of sulfone groups is 1. The number of aryl methyl sites for hydroxylation is 2. The molecule has 5 nitrogen and oxygen atoms in total. The average molecular weight is 338 g/mol. The van der Waals surface area contributed by atoms with Crippen LogP contribution in [-0.2, 0) is 29.1 Å². The van der Waals surface area contributed by atoms with Crippen molar-refractivity contribution in [2.75, 3.05) is 12.0 Å². The SMILES string of the molecule is CS(=O)(=O)CC1(Cc2nc3sc4c(c3c(=O)[nH]2)CCC4)CC1. The molecule has 2 aromatic rings. The Hall–Kier alpha value is -1.21. The van der Waals surface area contributed by atoms with Crippen molar-refractivity contribution in [1.29, 1.82) is 0 Å². The molecule has 0 spiro atoms. The monoisotopic (exact) mass is 338 g/mol. The molecule has 0 saturated heterocycles. The summed E-state index contributed by atoms with van der Waals surface area (Å²) in [6, 6.07) is 0. The number of aromatic amines is 1. The van der Waals surface area contributed by atoms with E-state index in [9.17, 15) is 13.2 Å². The van der Waals surface area contributed by atoms with E-state index in [0.29, 0.717) is 12.2 Å². The lowest BCUT2D eigenvalue weighted by Crippen LogP contribution is -2.21. The molecule has 0 unspecified atom stereocenters. The van der Waals surface area contributed by atoms with Crippen molar-refractivity contribution < 1.29 is 8.42 Å². The molecule has 0 radical (unpaired) electrons. The van der Waals surface area contributed by atoms with Crippen LogP contribution in [-0.4, -0.2) is 30.4 Å². The van der Waals surface area contributed by atoms with E-state index in [1.54, 1.807) is 11.3 Å². The minimum Gasteiger partial charge on any atom is -0.310 e. The van der Waals surface area contributed by atoms with Gasteiger partial charge in [0.15, 0.2) is 0 Å². The van der Waals surface area contributed by atoms with Crippen molar-refractivity contribution in [3.05, 3.63) is 26.6 Å². The van der Waals surface area contributed by atoms with Gasteiger partial charge in [-0.3, -0.25) is 4.79 Å². The Morgan fingerprint density at radius 3 is 2.77 bits per heavy atom. The van der Waals surface area contributed by atoms with E-state index in [-0.39, 0.29) is 16.7 Å². The summed E-state index contributed by atoms with van der Waals surface area (Å²) < 4.78 is 23.1. The molecule has 0 aliphatic heterocycles. The predicted octanol–water partition coefficient (Wildman–Crippen LogP) is 1.84. The van der Waals surface area contributed by atoms with Gasteiger partial charge in [0, 0.05) is 17.6 Å². The molecule has 7 heteroatoms. The lowest BCUT2D eigenvalue weighted by atomic mass is 10.1. The summed E-state index contributed by atoms with van der Waals surface area (Å²) in [7, 11) is -3.01. The molecule has 22 heavy (non-hydrogen) atoms. The second kappa shape index (κ2) is 4.64. The van der Waals surface area contributed by atoms with Crippen LogP contribution < -0.4 is 5.56 Å². The highest BCUT2D eigenvalue weighted by Crippen LogP contribution is 2.49. The molecule has 0 amide bonds. The van der Waals surface area contributed by atoms with Crippen LogP contribution in [0.2, 0.25) is 0 Å². The number of hydrogen-bond donors (Lipinski definition) is 1. The first-order chi connectivity index (χ1) is 10.4. The normalized spacial score (nSPS) is 19.5. The van der Waals surface area contributed by atoms with E-state index in [1.807, 2.05) is 0 Å². The second-order valence-electron chi connectivity index (χ2n) is 6.80. The predicted molar refractivity (Wildman–Crippen MR) is 87.3 cm³/mol. The van der Waals surface area contributed by atoms with Gasteiger partial charge in [-0.15, -0.1) is 11.3 Å². The Morgan fingerprint density at radius 2 is 2.09 bits per heavy atom. The molecule has 2 aromatic heterocycles. The van der Waals surface area contributed by atoms with Crippen LogP contribution >= 0.6 is 11.3 Å². The largest absolute Gasteiger partial charge is 0.310 e. The molecule has 1 fully saturated rings. The van der Waals surface area contributed by atoms with Gasteiger partial charge in [-0.25, -0.2) is 13.4 Å². The van der Waals surface area contributed by atoms with Crippen molar-refractivity contribution in [2.24, 2.45) is 5.41 Å². The number of rotatable bonds is 4. The molecule has 1 saturated carbocycles. The fourth-order valence-corrected chi connectivity index (χ4v) is 6.37. The maximum absolute atomic E-state index is 12.4. The average Bonchev–Trinajstić information content (AvgIpc) is 2.81. The maximum Gasteiger partial charge on any atom is 0.259 e. The molecule has 2 heterocycles. The Balaban J connectivity index is 1.71. The molecule has 1 N–H and O–H groups in total. The third-order valence-electron chi connectivity index (χ3n) is 4.69. The van der Waals surface area contributed by atoms with Gasteiger partial charge in [0.25, 0.3) is 5.56 Å². The number of nitrogens with zero attached hydrogens (tertiary/aromatic N) is 1. The van der Waals surface area contributed by atoms with Crippen molar-refractivity contribution in [3.8, 4) is 0 Å². The van der Waals surface area contributed by atoms with Crippen molar-refractivity contribution in [2.45, 2.75) is 38.5 Å². The number of fused-ring (bicyclic) bond motifs is 3. The first kappa shape index (κ1) is 14.4. The molecule has 0 aromatic carbocycles. The number of H-pyrrole nitrogens is 1. The Morgan fingerprint density at radius 1 is 1.32 bits per heavy atom. The van der Waals surface area contributed by atoms with Gasteiger partial charge < -0.3 is 4.98 Å². The molecule has 0 bridgehead atoms. The zero-order chi connectivity index (χ0) is 15.5. The molecular formula is C15H18N2O3S2. The van der Waals surface area contributed by atoms with Crippen LogP contribution in [0.1, 0.15) is 35.5 Å². The highest BCUT2D eigenvalue weighted by molar-refractivity contribution is 7.90. The molecule has 118 valence electrons. The highest BCUT2D eigenvalue weighted by Gasteiger charge is 2.45. The van der Waals surface area contributed by atoms with E-state index in [2.05, 4.69) is 9.97 Å². The minimum absolute atomic E-state index is 0.0606. The lowest BCUT2D eigenvalue weighted by molar-refractivity contribution is 0.529. The number of nitrogens with one attached hydrogen (secondary N) is 1. The van der Waals surface area contributed by atoms with Gasteiger partial charge in [0.1, 0.15) is 20.5 Å². The van der Waals surface area contributed by atoms with E-state index < -0.39 is 9.84 Å². The molecule has 2 aliphatic rings. The van der Waals surface area contributed by atoms with E-state index in [0.717, 1.165) is 42.3 Å². The summed E-state index contributed by atoms with van der Waals surface area (Å²) in [5.74, 6) is 0.821. The minimum atomic E-state index is -3.01. The van der Waals surface area contributed by atoms with Gasteiger partial charge >= 0.3 is 0 Å². The molecule has 4 rings (SSSR count). The van der Waals surface area contributed by atoms with Gasteiger partial charge in [-0.1, -0.05) is 0 Å². The zero-order valence-electron chi connectivity index (χ0n) is 12.4. The fourth-order valence-electron chi connectivity index (χ4n) is 3.59. The van der Waals surface area contributed by atoms with Crippen LogP contribution in [0.4, 0.5) is 0 Å². The maximum atomic E-state index is 12.4. The number of aromatic nitrogens is 2. The second-order valence-corrected chi connectivity index (χ2v) is 10.0.